The van der Waals surface area contributed by atoms with Gasteiger partial charge in [0.1, 0.15) is 17.2 Å². The summed E-state index contributed by atoms with van der Waals surface area (Å²) in [6, 6.07) is 21.1. The Labute approximate surface area is 181 Å². The van der Waals surface area contributed by atoms with Crippen molar-refractivity contribution >= 4 is 28.2 Å². The molecular formula is C22H16N8O2. The van der Waals surface area contributed by atoms with E-state index in [0.29, 0.717) is 33.5 Å². The maximum atomic E-state index is 10.9. The molecule has 3 aromatic heterocycles. The van der Waals surface area contributed by atoms with Crippen molar-refractivity contribution in [1.82, 2.24) is 19.9 Å². The number of non-ortho nitro benzene ring substituents is 1. The number of aromatic nitrogens is 5. The molecule has 5 rings (SSSR count). The zero-order chi connectivity index (χ0) is 22.1. The van der Waals surface area contributed by atoms with E-state index in [-0.39, 0.29) is 5.69 Å². The lowest BCUT2D eigenvalue weighted by molar-refractivity contribution is -0.580. The highest BCUT2D eigenvalue weighted by Gasteiger charge is 2.17. The number of hydrogen-bond acceptors (Lipinski definition) is 6. The molecule has 156 valence electrons. The molecule has 0 atom stereocenters. The van der Waals surface area contributed by atoms with Crippen molar-refractivity contribution in [1.29, 1.82) is 0 Å². The van der Waals surface area contributed by atoms with Gasteiger partial charge >= 0.3 is 5.65 Å². The Balaban J connectivity index is 1.75. The van der Waals surface area contributed by atoms with Crippen LogP contribution in [0.5, 0.6) is 0 Å². The number of nitro benzene ring substituents is 1. The van der Waals surface area contributed by atoms with Gasteiger partial charge in [-0.3, -0.25) is 10.1 Å². The van der Waals surface area contributed by atoms with E-state index in [0.717, 1.165) is 5.56 Å². The van der Waals surface area contributed by atoms with Gasteiger partial charge in [0.2, 0.25) is 5.52 Å². The Morgan fingerprint density at radius 3 is 2.53 bits per heavy atom. The monoisotopic (exact) mass is 424 g/mol. The first-order valence-electron chi connectivity index (χ1n) is 9.70. The fourth-order valence-corrected chi connectivity index (χ4v) is 3.28. The van der Waals surface area contributed by atoms with E-state index >= 15 is 0 Å². The van der Waals surface area contributed by atoms with Gasteiger partial charge in [-0.25, -0.2) is 4.68 Å². The van der Waals surface area contributed by atoms with Crippen molar-refractivity contribution in [2.24, 2.45) is 12.1 Å². The quantitative estimate of drug-likeness (QED) is 0.190. The Hall–Kier alpha value is -4.73. The summed E-state index contributed by atoms with van der Waals surface area (Å²) in [5, 5.41) is 25.2. The Morgan fingerprint density at radius 1 is 1.03 bits per heavy atom. The third-order valence-electron chi connectivity index (χ3n) is 4.84. The number of hydrogen-bond donors (Lipinski definition) is 0. The highest BCUT2D eigenvalue weighted by Crippen LogP contribution is 2.23. The molecule has 0 fully saturated rings. The first-order chi connectivity index (χ1) is 15.6. The lowest BCUT2D eigenvalue weighted by Gasteiger charge is -2.16. The van der Waals surface area contributed by atoms with E-state index in [2.05, 4.69) is 20.6 Å². The molecule has 0 aliphatic rings. The molecule has 2 aromatic carbocycles. The molecule has 0 bridgehead atoms. The molecule has 0 saturated carbocycles. The van der Waals surface area contributed by atoms with Crippen molar-refractivity contribution in [2.75, 3.05) is 0 Å². The second-order valence-electron chi connectivity index (χ2n) is 6.95. The summed E-state index contributed by atoms with van der Waals surface area (Å²) in [5.41, 5.74) is 7.94. The number of nitro groups is 1. The van der Waals surface area contributed by atoms with E-state index in [1.165, 1.54) is 24.3 Å². The third kappa shape index (κ3) is 3.49. The van der Waals surface area contributed by atoms with Crippen molar-refractivity contribution in [3.8, 4) is 11.3 Å². The smallest absolute Gasteiger partial charge is 0.350 e. The average Bonchev–Trinajstić information content (AvgIpc) is 2.83. The summed E-state index contributed by atoms with van der Waals surface area (Å²) in [6.45, 7) is 0. The first kappa shape index (κ1) is 19.2. The second-order valence-corrected chi connectivity index (χ2v) is 6.95. The number of pyridine rings is 1. The molecule has 0 saturated heterocycles. The standard InChI is InChI=1S/C22H16N8O2/c1-28-22-21(27-29-14-6-5-9-18(29)23-22)20(19(26-28)15-7-3-2-4-8-15)25-24-16-10-12-17(13-11-16)30(31)32/h2-14H,1H3. The summed E-state index contributed by atoms with van der Waals surface area (Å²) >= 11 is 0. The number of fused-ring (bicyclic) bond motifs is 2. The maximum absolute atomic E-state index is 10.9. The summed E-state index contributed by atoms with van der Waals surface area (Å²) in [5.74, 6) is 0. The van der Waals surface area contributed by atoms with Crippen LogP contribution in [0, 0.1) is 10.1 Å². The van der Waals surface area contributed by atoms with Gasteiger partial charge in [-0.1, -0.05) is 53.6 Å². The molecule has 0 radical (unpaired) electrons. The molecule has 32 heavy (non-hydrogen) atoms. The van der Waals surface area contributed by atoms with Crippen LogP contribution in [0.1, 0.15) is 0 Å². The van der Waals surface area contributed by atoms with Crippen molar-refractivity contribution in [3.05, 3.63) is 99.9 Å². The van der Waals surface area contributed by atoms with Gasteiger partial charge in [0.05, 0.1) is 4.92 Å². The molecular weight excluding hydrogens is 408 g/mol. The molecule has 0 N–H and O–H groups in total. The zero-order valence-electron chi connectivity index (χ0n) is 16.9. The van der Waals surface area contributed by atoms with Crippen molar-refractivity contribution in [2.45, 2.75) is 0 Å². The van der Waals surface area contributed by atoms with Crippen LogP contribution in [-0.4, -0.2) is 24.8 Å². The van der Waals surface area contributed by atoms with E-state index in [9.17, 15) is 10.1 Å². The van der Waals surface area contributed by atoms with Crippen LogP contribution >= 0.6 is 0 Å². The minimum Gasteiger partial charge on any atom is -0.575 e. The van der Waals surface area contributed by atoms with Crippen LogP contribution < -0.4 is 9.87 Å². The summed E-state index contributed by atoms with van der Waals surface area (Å²) in [6.07, 6.45) is 1.81. The SMILES string of the molecule is Cn1nc(-c2ccccc2)c(=N[N-]c2ccc([N+](=O)[O-])cc2)c2n[n+]3ccccc3nc21. The summed E-state index contributed by atoms with van der Waals surface area (Å²) in [7, 11) is 1.81. The normalized spacial score (nSPS) is 11.7. The van der Waals surface area contributed by atoms with Crippen LogP contribution in [0.2, 0.25) is 0 Å². The van der Waals surface area contributed by atoms with Crippen LogP contribution in [0.15, 0.2) is 84.1 Å². The van der Waals surface area contributed by atoms with Gasteiger partial charge in [0.25, 0.3) is 11.3 Å². The molecule has 10 nitrogen and oxygen atoms in total. The topological polar surface area (TPSA) is 117 Å². The fraction of sp³-hybridized carbons (Fsp3) is 0.0455. The van der Waals surface area contributed by atoms with E-state index in [1.807, 2.05) is 54.7 Å². The number of benzene rings is 2. The Bertz CT molecular complexity index is 1530. The molecule has 0 unspecified atom stereocenters. The minimum absolute atomic E-state index is 0.0125. The predicted molar refractivity (Wildman–Crippen MR) is 117 cm³/mol. The van der Waals surface area contributed by atoms with Gasteiger partial charge in [0, 0.05) is 30.8 Å². The van der Waals surface area contributed by atoms with Crippen LogP contribution in [0.4, 0.5) is 11.4 Å². The Morgan fingerprint density at radius 2 is 1.78 bits per heavy atom. The minimum atomic E-state index is -0.457. The zero-order valence-corrected chi connectivity index (χ0v) is 16.9. The average molecular weight is 424 g/mol. The third-order valence-corrected chi connectivity index (χ3v) is 4.84. The largest absolute Gasteiger partial charge is 0.575 e. The van der Waals surface area contributed by atoms with Gasteiger partial charge < -0.3 is 10.5 Å². The maximum Gasteiger partial charge on any atom is 0.350 e. The Kier molecular flexibility index (Phi) is 4.71. The van der Waals surface area contributed by atoms with E-state index in [1.54, 1.807) is 16.2 Å². The predicted octanol–water partition coefficient (Wildman–Crippen LogP) is 3.20. The van der Waals surface area contributed by atoms with Gasteiger partial charge in [0.15, 0.2) is 0 Å². The van der Waals surface area contributed by atoms with Crippen molar-refractivity contribution < 1.29 is 9.44 Å². The molecule has 0 amide bonds. The number of aryl methyl sites for hydroxylation is 1. The van der Waals surface area contributed by atoms with Gasteiger partial charge in [-0.15, -0.1) is 10.2 Å². The molecule has 0 aliphatic heterocycles. The number of rotatable bonds is 4. The lowest BCUT2D eigenvalue weighted by atomic mass is 10.1. The molecule has 5 aromatic rings. The summed E-state index contributed by atoms with van der Waals surface area (Å²) < 4.78 is 3.34. The van der Waals surface area contributed by atoms with E-state index in [4.69, 9.17) is 5.10 Å². The highest BCUT2D eigenvalue weighted by atomic mass is 16.6. The molecule has 0 spiro atoms. The van der Waals surface area contributed by atoms with Crippen LogP contribution in [-0.2, 0) is 7.05 Å². The molecule has 3 heterocycles. The highest BCUT2D eigenvalue weighted by molar-refractivity contribution is 5.75. The first-order valence-corrected chi connectivity index (χ1v) is 9.70. The summed E-state index contributed by atoms with van der Waals surface area (Å²) in [4.78, 5) is 15.1. The molecule has 10 heteroatoms. The lowest BCUT2D eigenvalue weighted by Crippen LogP contribution is -2.31. The van der Waals surface area contributed by atoms with Gasteiger partial charge in [-0.2, -0.15) is 5.10 Å². The van der Waals surface area contributed by atoms with Crippen molar-refractivity contribution in [3.63, 3.8) is 0 Å². The fourth-order valence-electron chi connectivity index (χ4n) is 3.28. The van der Waals surface area contributed by atoms with Gasteiger partial charge in [-0.05, 0) is 11.1 Å². The van der Waals surface area contributed by atoms with Crippen LogP contribution in [0.25, 0.3) is 33.5 Å². The molecule has 0 aliphatic carbocycles. The van der Waals surface area contributed by atoms with E-state index < -0.39 is 4.92 Å². The number of nitrogens with zero attached hydrogens (tertiary/aromatic N) is 8. The second kappa shape index (κ2) is 7.84. The van der Waals surface area contributed by atoms with Crippen LogP contribution in [0.3, 0.4) is 0 Å².